The van der Waals surface area contributed by atoms with Crippen LogP contribution in [0, 0.1) is 5.92 Å². The Kier molecular flexibility index (Phi) is 5.97. The summed E-state index contributed by atoms with van der Waals surface area (Å²) in [7, 11) is -0.512. The Balaban J connectivity index is 1.92. The Morgan fingerprint density at radius 3 is 2.56 bits per heavy atom. The lowest BCUT2D eigenvalue weighted by molar-refractivity contribution is -0.128. The molecule has 7 nitrogen and oxygen atoms in total. The number of nitrogens with one attached hydrogen (secondary N) is 1. The zero-order chi connectivity index (χ0) is 18.6. The molecule has 0 unspecified atom stereocenters. The zero-order valence-electron chi connectivity index (χ0n) is 14.4. The Labute approximate surface area is 148 Å². The van der Waals surface area contributed by atoms with Crippen LogP contribution in [0.5, 0.6) is 0 Å². The third-order valence-corrected chi connectivity index (χ3v) is 5.93. The average Bonchev–Trinajstić information content (AvgIpc) is 2.94. The van der Waals surface area contributed by atoms with Crippen LogP contribution < -0.4 is 5.32 Å². The normalized spacial score (nSPS) is 17.8. The third kappa shape index (κ3) is 4.46. The molecule has 25 heavy (non-hydrogen) atoms. The molecule has 0 radical (unpaired) electrons. The van der Waals surface area contributed by atoms with Gasteiger partial charge in [0.1, 0.15) is 0 Å². The molecule has 1 aromatic carbocycles. The van der Waals surface area contributed by atoms with E-state index in [0.717, 1.165) is 9.87 Å². The van der Waals surface area contributed by atoms with Crippen molar-refractivity contribution in [1.29, 1.82) is 0 Å². The molecule has 0 bridgehead atoms. The van der Waals surface area contributed by atoms with Gasteiger partial charge in [0.25, 0.3) is 0 Å². The Morgan fingerprint density at radius 1 is 1.36 bits per heavy atom. The molecule has 1 fully saturated rings. The van der Waals surface area contributed by atoms with Gasteiger partial charge in [-0.1, -0.05) is 18.2 Å². The van der Waals surface area contributed by atoms with Gasteiger partial charge >= 0.3 is 0 Å². The predicted molar refractivity (Wildman–Crippen MR) is 94.0 cm³/mol. The molecule has 1 heterocycles. The number of hydrogen-bond donors (Lipinski definition) is 1. The van der Waals surface area contributed by atoms with Crippen molar-refractivity contribution < 1.29 is 18.0 Å². The quantitative estimate of drug-likeness (QED) is 0.717. The number of benzene rings is 1. The first-order chi connectivity index (χ1) is 11.8. The second-order valence-electron chi connectivity index (χ2n) is 6.14. The molecular formula is C17H23N3O4S. The van der Waals surface area contributed by atoms with E-state index in [-0.39, 0.29) is 35.6 Å². The van der Waals surface area contributed by atoms with Gasteiger partial charge in [-0.3, -0.25) is 9.59 Å². The number of hydrogen-bond acceptors (Lipinski definition) is 4. The molecule has 1 saturated heterocycles. The van der Waals surface area contributed by atoms with E-state index in [4.69, 9.17) is 0 Å². The van der Waals surface area contributed by atoms with Crippen molar-refractivity contribution in [3.05, 3.63) is 42.5 Å². The summed E-state index contributed by atoms with van der Waals surface area (Å²) in [6.45, 7) is 4.73. The maximum atomic E-state index is 12.2. The second-order valence-corrected chi connectivity index (χ2v) is 8.29. The van der Waals surface area contributed by atoms with Crippen LogP contribution in [0.1, 0.15) is 12.0 Å². The van der Waals surface area contributed by atoms with Crippen LogP contribution >= 0.6 is 0 Å². The molecule has 0 aliphatic carbocycles. The van der Waals surface area contributed by atoms with E-state index >= 15 is 0 Å². The van der Waals surface area contributed by atoms with E-state index in [9.17, 15) is 18.0 Å². The summed E-state index contributed by atoms with van der Waals surface area (Å²) in [6.07, 6.45) is 1.85. The lowest BCUT2D eigenvalue weighted by atomic mass is 10.1. The van der Waals surface area contributed by atoms with Crippen molar-refractivity contribution in [3.63, 3.8) is 0 Å². The van der Waals surface area contributed by atoms with E-state index in [1.54, 1.807) is 23.1 Å². The summed E-state index contributed by atoms with van der Waals surface area (Å²) < 4.78 is 25.2. The molecule has 0 aromatic heterocycles. The SMILES string of the molecule is C=CCN1C[C@@H](C(=O)NCc2ccc(S(=O)(=O)N(C)C)cc2)CC1=O. The maximum absolute atomic E-state index is 12.2. The summed E-state index contributed by atoms with van der Waals surface area (Å²) in [6, 6.07) is 6.37. The number of rotatable bonds is 7. The summed E-state index contributed by atoms with van der Waals surface area (Å²) in [5.41, 5.74) is 0.790. The van der Waals surface area contributed by atoms with Crippen molar-refractivity contribution >= 4 is 21.8 Å². The van der Waals surface area contributed by atoms with Gasteiger partial charge in [0, 0.05) is 40.2 Å². The van der Waals surface area contributed by atoms with Gasteiger partial charge in [-0.2, -0.15) is 0 Å². The van der Waals surface area contributed by atoms with Gasteiger partial charge in [-0.05, 0) is 17.7 Å². The summed E-state index contributed by atoms with van der Waals surface area (Å²) >= 11 is 0. The van der Waals surface area contributed by atoms with E-state index < -0.39 is 10.0 Å². The Hall–Kier alpha value is -2.19. The number of amides is 2. The van der Waals surface area contributed by atoms with Crippen molar-refractivity contribution in [2.45, 2.75) is 17.9 Å². The number of carbonyl (C=O) groups is 2. The van der Waals surface area contributed by atoms with Crippen LogP contribution in [0.3, 0.4) is 0 Å². The minimum Gasteiger partial charge on any atom is -0.352 e. The third-order valence-electron chi connectivity index (χ3n) is 4.10. The highest BCUT2D eigenvalue weighted by Crippen LogP contribution is 2.18. The highest BCUT2D eigenvalue weighted by molar-refractivity contribution is 7.89. The van der Waals surface area contributed by atoms with E-state index in [0.29, 0.717) is 13.1 Å². The first-order valence-electron chi connectivity index (χ1n) is 7.93. The highest BCUT2D eigenvalue weighted by atomic mass is 32.2. The first kappa shape index (κ1) is 19.1. The summed E-state index contributed by atoms with van der Waals surface area (Å²) in [4.78, 5) is 25.8. The van der Waals surface area contributed by atoms with Gasteiger partial charge in [-0.15, -0.1) is 6.58 Å². The number of sulfonamides is 1. The molecule has 1 aliphatic rings. The molecule has 2 rings (SSSR count). The molecule has 8 heteroatoms. The van der Waals surface area contributed by atoms with Crippen LogP contribution in [-0.4, -0.2) is 56.6 Å². The first-order valence-corrected chi connectivity index (χ1v) is 9.37. The lowest BCUT2D eigenvalue weighted by Crippen LogP contribution is -2.32. The molecule has 1 aliphatic heterocycles. The molecular weight excluding hydrogens is 342 g/mol. The minimum atomic E-state index is -3.46. The fourth-order valence-electron chi connectivity index (χ4n) is 2.60. The van der Waals surface area contributed by atoms with Crippen molar-refractivity contribution in [3.8, 4) is 0 Å². The largest absolute Gasteiger partial charge is 0.352 e. The van der Waals surface area contributed by atoms with E-state index in [2.05, 4.69) is 11.9 Å². The molecule has 136 valence electrons. The number of carbonyl (C=O) groups excluding carboxylic acids is 2. The summed E-state index contributed by atoms with van der Waals surface area (Å²) in [5.74, 6) is -0.580. The van der Waals surface area contributed by atoms with Crippen molar-refractivity contribution in [1.82, 2.24) is 14.5 Å². The predicted octanol–water partition coefficient (Wildman–Crippen LogP) is 0.588. The molecule has 0 saturated carbocycles. The Bertz CT molecular complexity index is 757. The fourth-order valence-corrected chi connectivity index (χ4v) is 3.51. The molecule has 2 amide bonds. The lowest BCUT2D eigenvalue weighted by Gasteiger charge is -2.14. The van der Waals surface area contributed by atoms with Gasteiger partial charge in [0.05, 0.1) is 10.8 Å². The molecule has 0 spiro atoms. The fraction of sp³-hybridized carbons (Fsp3) is 0.412. The van der Waals surface area contributed by atoms with Crippen LogP contribution in [0.2, 0.25) is 0 Å². The average molecular weight is 365 g/mol. The smallest absolute Gasteiger partial charge is 0.242 e. The topological polar surface area (TPSA) is 86.8 Å². The van der Waals surface area contributed by atoms with Crippen molar-refractivity contribution in [2.24, 2.45) is 5.92 Å². The zero-order valence-corrected chi connectivity index (χ0v) is 15.3. The second kappa shape index (κ2) is 7.79. The van der Waals surface area contributed by atoms with E-state index in [1.165, 1.54) is 26.2 Å². The minimum absolute atomic E-state index is 0.0432. The van der Waals surface area contributed by atoms with Crippen LogP contribution in [0.25, 0.3) is 0 Å². The monoisotopic (exact) mass is 365 g/mol. The van der Waals surface area contributed by atoms with Crippen LogP contribution in [-0.2, 0) is 26.2 Å². The highest BCUT2D eigenvalue weighted by Gasteiger charge is 2.33. The van der Waals surface area contributed by atoms with E-state index in [1.807, 2.05) is 0 Å². The van der Waals surface area contributed by atoms with Gasteiger partial charge < -0.3 is 10.2 Å². The van der Waals surface area contributed by atoms with Gasteiger partial charge in [-0.25, -0.2) is 12.7 Å². The van der Waals surface area contributed by atoms with Gasteiger partial charge in [0.15, 0.2) is 0 Å². The van der Waals surface area contributed by atoms with Gasteiger partial charge in [0.2, 0.25) is 21.8 Å². The van der Waals surface area contributed by atoms with Crippen LogP contribution in [0.4, 0.5) is 0 Å². The maximum Gasteiger partial charge on any atom is 0.242 e. The molecule has 1 N–H and O–H groups in total. The Morgan fingerprint density at radius 2 is 2.00 bits per heavy atom. The van der Waals surface area contributed by atoms with Crippen LogP contribution in [0.15, 0.2) is 41.8 Å². The van der Waals surface area contributed by atoms with Crippen molar-refractivity contribution in [2.75, 3.05) is 27.2 Å². The standard InChI is InChI=1S/C17H23N3O4S/c1-4-9-20-12-14(10-16(20)21)17(22)18-11-13-5-7-15(8-6-13)25(23,24)19(2)3/h4-8,14H,1,9-12H2,2-3H3,(H,18,22)/t14-/m0/s1. The molecule has 1 atom stereocenters. The summed E-state index contributed by atoms with van der Waals surface area (Å²) in [5, 5.41) is 2.80. The number of likely N-dealkylation sites (tertiary alicyclic amines) is 1. The number of nitrogens with zero attached hydrogens (tertiary/aromatic N) is 2. The molecule has 1 aromatic rings.